The van der Waals surface area contributed by atoms with Gasteiger partial charge in [0.05, 0.1) is 18.2 Å². The van der Waals surface area contributed by atoms with E-state index in [1.54, 1.807) is 24.3 Å². The van der Waals surface area contributed by atoms with E-state index in [1.807, 2.05) is 6.92 Å². The van der Waals surface area contributed by atoms with Crippen molar-refractivity contribution in [1.29, 1.82) is 5.26 Å². The van der Waals surface area contributed by atoms with Gasteiger partial charge in [-0.05, 0) is 31.2 Å². The smallest absolute Gasteiger partial charge is 0.180 e. The van der Waals surface area contributed by atoms with Gasteiger partial charge in [-0.1, -0.05) is 0 Å². The number of nitrogens with zero attached hydrogens (tertiary/aromatic N) is 4. The molecule has 0 amide bonds. The molecule has 2 heterocycles. The van der Waals surface area contributed by atoms with Gasteiger partial charge in [0.15, 0.2) is 5.82 Å². The zero-order valence-electron chi connectivity index (χ0n) is 14.1. The van der Waals surface area contributed by atoms with Crippen LogP contribution >= 0.6 is 0 Å². The molecular formula is C17H21N5O3. The molecule has 1 aliphatic heterocycles. The number of β-amino-alcohol motifs (C(OH)–C–C–N with tert-alkyl or cyclic N) is 1. The minimum absolute atomic E-state index is 0.188. The number of ether oxygens (including phenoxy) is 2. The van der Waals surface area contributed by atoms with Crippen LogP contribution in [0.3, 0.4) is 0 Å². The van der Waals surface area contributed by atoms with E-state index in [1.165, 1.54) is 0 Å². The first-order valence-electron chi connectivity index (χ1n) is 8.18. The van der Waals surface area contributed by atoms with E-state index in [-0.39, 0.29) is 12.7 Å². The average molecular weight is 343 g/mol. The molecule has 1 aromatic carbocycles. The lowest BCUT2D eigenvalue weighted by Crippen LogP contribution is -2.43. The van der Waals surface area contributed by atoms with Crippen molar-refractivity contribution in [2.45, 2.75) is 19.1 Å². The van der Waals surface area contributed by atoms with Crippen LogP contribution < -0.4 is 4.74 Å². The predicted molar refractivity (Wildman–Crippen MR) is 88.9 cm³/mol. The maximum absolute atomic E-state index is 10.2. The van der Waals surface area contributed by atoms with Gasteiger partial charge >= 0.3 is 0 Å². The monoisotopic (exact) mass is 343 g/mol. The molecule has 0 aliphatic carbocycles. The van der Waals surface area contributed by atoms with Gasteiger partial charge in [-0.2, -0.15) is 10.4 Å². The second-order valence-corrected chi connectivity index (χ2v) is 6.00. The highest BCUT2D eigenvalue weighted by Gasteiger charge is 2.26. The molecule has 1 aromatic heterocycles. The number of H-pyrrole nitrogens is 1. The van der Waals surface area contributed by atoms with Crippen molar-refractivity contribution in [3.63, 3.8) is 0 Å². The Bertz CT molecular complexity index is 725. The van der Waals surface area contributed by atoms with Crippen molar-refractivity contribution < 1.29 is 14.6 Å². The number of hydrogen-bond donors (Lipinski definition) is 2. The van der Waals surface area contributed by atoms with Gasteiger partial charge in [0.25, 0.3) is 0 Å². The van der Waals surface area contributed by atoms with Crippen LogP contribution in [0.25, 0.3) is 0 Å². The third-order valence-corrected chi connectivity index (χ3v) is 3.95. The summed E-state index contributed by atoms with van der Waals surface area (Å²) >= 11 is 0. The summed E-state index contributed by atoms with van der Waals surface area (Å²) in [6, 6.07) is 8.88. The fourth-order valence-electron chi connectivity index (χ4n) is 2.70. The molecule has 25 heavy (non-hydrogen) atoms. The molecule has 132 valence electrons. The molecule has 1 aliphatic rings. The minimum atomic E-state index is -0.622. The quantitative estimate of drug-likeness (QED) is 0.799. The number of rotatable bonds is 6. The molecule has 0 radical (unpaired) electrons. The first kappa shape index (κ1) is 17.4. The topological polar surface area (TPSA) is 107 Å². The van der Waals surface area contributed by atoms with Gasteiger partial charge in [-0.25, -0.2) is 4.98 Å². The summed E-state index contributed by atoms with van der Waals surface area (Å²) in [6.45, 7) is 4.47. The predicted octanol–water partition coefficient (Wildman–Crippen LogP) is 0.798. The maximum atomic E-state index is 10.2. The zero-order chi connectivity index (χ0) is 17.6. The molecule has 0 unspecified atom stereocenters. The molecule has 0 spiro atoms. The van der Waals surface area contributed by atoms with Crippen molar-refractivity contribution in [2.75, 3.05) is 32.8 Å². The largest absolute Gasteiger partial charge is 0.491 e. The number of aryl methyl sites for hydroxylation is 1. The normalized spacial score (nSPS) is 19.3. The summed E-state index contributed by atoms with van der Waals surface area (Å²) in [5.74, 6) is 2.03. The Labute approximate surface area is 146 Å². The number of aliphatic hydroxyl groups excluding tert-OH is 1. The second kappa shape index (κ2) is 8.07. The molecule has 8 nitrogen and oxygen atoms in total. The molecule has 1 saturated heterocycles. The van der Waals surface area contributed by atoms with Gasteiger partial charge < -0.3 is 14.6 Å². The van der Waals surface area contributed by atoms with Crippen LogP contribution in [0.1, 0.15) is 23.3 Å². The highest BCUT2D eigenvalue weighted by Crippen LogP contribution is 2.19. The number of aliphatic hydroxyl groups is 1. The van der Waals surface area contributed by atoms with Crippen molar-refractivity contribution in [3.05, 3.63) is 41.5 Å². The first-order valence-corrected chi connectivity index (χ1v) is 8.18. The highest BCUT2D eigenvalue weighted by molar-refractivity contribution is 5.34. The first-order chi connectivity index (χ1) is 12.1. The third-order valence-electron chi connectivity index (χ3n) is 3.95. The Morgan fingerprint density at radius 1 is 1.48 bits per heavy atom. The Kier molecular flexibility index (Phi) is 5.60. The summed E-state index contributed by atoms with van der Waals surface area (Å²) in [5, 5.41) is 26.0. The number of benzene rings is 1. The van der Waals surface area contributed by atoms with E-state index >= 15 is 0 Å². The average Bonchev–Trinajstić information content (AvgIpc) is 3.07. The number of hydrogen-bond acceptors (Lipinski definition) is 7. The molecule has 3 rings (SSSR count). The van der Waals surface area contributed by atoms with Crippen molar-refractivity contribution in [1.82, 2.24) is 20.1 Å². The number of nitriles is 1. The van der Waals surface area contributed by atoms with Gasteiger partial charge in [0.1, 0.15) is 30.4 Å². The maximum Gasteiger partial charge on any atom is 0.180 e. The molecular weight excluding hydrogens is 322 g/mol. The van der Waals surface area contributed by atoms with Crippen molar-refractivity contribution in [2.24, 2.45) is 0 Å². The number of aromatic nitrogens is 3. The lowest BCUT2D eigenvalue weighted by atomic mass is 10.2. The molecule has 2 aromatic rings. The lowest BCUT2D eigenvalue weighted by molar-refractivity contribution is -0.0493. The summed E-state index contributed by atoms with van der Waals surface area (Å²) < 4.78 is 11.3. The van der Waals surface area contributed by atoms with Crippen LogP contribution in [-0.2, 0) is 4.74 Å². The van der Waals surface area contributed by atoms with E-state index < -0.39 is 6.10 Å². The minimum Gasteiger partial charge on any atom is -0.491 e. The Morgan fingerprint density at radius 2 is 2.28 bits per heavy atom. The van der Waals surface area contributed by atoms with E-state index in [9.17, 15) is 5.11 Å². The van der Waals surface area contributed by atoms with Crippen molar-refractivity contribution >= 4 is 0 Å². The number of morpholine rings is 1. The second-order valence-electron chi connectivity index (χ2n) is 6.00. The fraction of sp³-hybridized carbons (Fsp3) is 0.471. The summed E-state index contributed by atoms with van der Waals surface area (Å²) in [4.78, 5) is 6.43. The van der Waals surface area contributed by atoms with Gasteiger partial charge in [-0.15, -0.1) is 0 Å². The SMILES string of the molecule is Cc1nc([C@@H]2CN(C[C@H](O)COc3ccc(C#N)cc3)CCO2)n[nH]1. The van der Waals surface area contributed by atoms with Crippen molar-refractivity contribution in [3.8, 4) is 11.8 Å². The molecule has 0 saturated carbocycles. The van der Waals surface area contributed by atoms with Gasteiger partial charge in [-0.3, -0.25) is 10.00 Å². The van der Waals surface area contributed by atoms with E-state index in [0.717, 1.165) is 12.4 Å². The molecule has 1 fully saturated rings. The van der Waals surface area contributed by atoms with E-state index in [4.69, 9.17) is 14.7 Å². The van der Waals surface area contributed by atoms with Crippen LogP contribution in [-0.4, -0.2) is 64.1 Å². The zero-order valence-corrected chi connectivity index (χ0v) is 14.1. The molecule has 0 bridgehead atoms. The van der Waals surface area contributed by atoms with Gasteiger partial charge in [0.2, 0.25) is 0 Å². The highest BCUT2D eigenvalue weighted by atomic mass is 16.5. The summed E-state index contributed by atoms with van der Waals surface area (Å²) in [6.07, 6.45) is -0.811. The van der Waals surface area contributed by atoms with E-state index in [0.29, 0.717) is 36.8 Å². The number of aromatic amines is 1. The Morgan fingerprint density at radius 3 is 2.96 bits per heavy atom. The molecule has 8 heteroatoms. The van der Waals surface area contributed by atoms with Crippen LogP contribution in [0.2, 0.25) is 0 Å². The van der Waals surface area contributed by atoms with Gasteiger partial charge in [0, 0.05) is 19.6 Å². The van der Waals surface area contributed by atoms with Crippen LogP contribution in [0, 0.1) is 18.3 Å². The Hall–Kier alpha value is -2.47. The number of nitrogens with one attached hydrogen (secondary N) is 1. The Balaban J connectivity index is 1.47. The van der Waals surface area contributed by atoms with Crippen LogP contribution in [0.4, 0.5) is 0 Å². The molecule has 2 atom stereocenters. The standard InChI is InChI=1S/C17H21N5O3/c1-12-19-17(21-20-12)16-10-22(6-7-24-16)9-14(23)11-25-15-4-2-13(8-18)3-5-15/h2-5,14,16,23H,6-7,9-11H2,1H3,(H,19,20,21)/t14-,16-/m0/s1. The molecule has 2 N–H and O–H groups in total. The van der Waals surface area contributed by atoms with Crippen LogP contribution in [0.15, 0.2) is 24.3 Å². The van der Waals surface area contributed by atoms with Crippen LogP contribution in [0.5, 0.6) is 5.75 Å². The summed E-state index contributed by atoms with van der Waals surface area (Å²) in [5.41, 5.74) is 0.578. The summed E-state index contributed by atoms with van der Waals surface area (Å²) in [7, 11) is 0. The fourth-order valence-corrected chi connectivity index (χ4v) is 2.70. The lowest BCUT2D eigenvalue weighted by Gasteiger charge is -2.32. The third kappa shape index (κ3) is 4.76. The van der Waals surface area contributed by atoms with E-state index in [2.05, 4.69) is 26.2 Å².